The summed E-state index contributed by atoms with van der Waals surface area (Å²) in [7, 11) is 0. The van der Waals surface area contributed by atoms with E-state index in [1.54, 1.807) is 12.1 Å². The van der Waals surface area contributed by atoms with E-state index in [0.29, 0.717) is 11.8 Å². The molecule has 1 saturated carbocycles. The molecule has 1 aromatic carbocycles. The van der Waals surface area contributed by atoms with Crippen LogP contribution in [-0.4, -0.2) is 6.10 Å². The molecule has 0 saturated heterocycles. The fraction of sp³-hybridized carbons (Fsp3) is 0.625. The van der Waals surface area contributed by atoms with E-state index in [2.05, 4.69) is 26.8 Å². The summed E-state index contributed by atoms with van der Waals surface area (Å²) in [6.07, 6.45) is 3.87. The van der Waals surface area contributed by atoms with Crippen LogP contribution in [0.2, 0.25) is 0 Å². The first-order valence-electron chi connectivity index (χ1n) is 6.90. The number of benzene rings is 1. The Bertz CT molecular complexity index is 377. The summed E-state index contributed by atoms with van der Waals surface area (Å²) in [5.41, 5.74) is 0. The van der Waals surface area contributed by atoms with Gasteiger partial charge in [0.25, 0.3) is 0 Å². The van der Waals surface area contributed by atoms with Crippen LogP contribution in [-0.2, 0) is 0 Å². The minimum absolute atomic E-state index is 0. The van der Waals surface area contributed by atoms with Crippen molar-refractivity contribution in [3.8, 4) is 5.75 Å². The monoisotopic (exact) mass is 256 g/mol. The molecule has 1 aliphatic rings. The third-order valence-electron chi connectivity index (χ3n) is 4.00. The zero-order chi connectivity index (χ0) is 13.1. The van der Waals surface area contributed by atoms with Gasteiger partial charge in [0.05, 0.1) is 6.10 Å². The molecule has 0 aromatic heterocycles. The molecule has 0 aliphatic heterocycles. The van der Waals surface area contributed by atoms with Crippen molar-refractivity contribution in [3.63, 3.8) is 0 Å². The Hall–Kier alpha value is -0.453. The first kappa shape index (κ1) is 16.6. The number of halogens is 1. The maximum absolute atomic E-state index is 12.8. The van der Waals surface area contributed by atoms with Gasteiger partial charge in [-0.15, -0.1) is 24.3 Å². The number of hydrogen-bond acceptors (Lipinski definition) is 1. The molecule has 0 spiro atoms. The summed E-state index contributed by atoms with van der Waals surface area (Å²) in [5, 5.41) is 0. The van der Waals surface area contributed by atoms with E-state index < -0.39 is 0 Å². The summed E-state index contributed by atoms with van der Waals surface area (Å²) in [6, 6.07) is 7.26. The van der Waals surface area contributed by atoms with Crippen molar-refractivity contribution in [1.82, 2.24) is 0 Å². The van der Waals surface area contributed by atoms with Crippen molar-refractivity contribution < 1.29 is 28.0 Å². The fourth-order valence-electron chi connectivity index (χ4n) is 2.89. The molecular formula is C16H22FLiO. The summed E-state index contributed by atoms with van der Waals surface area (Å²) < 4.78 is 18.9. The Morgan fingerprint density at radius 1 is 1.32 bits per heavy atom. The van der Waals surface area contributed by atoms with Crippen LogP contribution in [0.5, 0.6) is 5.75 Å². The normalized spacial score (nSPS) is 26.9. The van der Waals surface area contributed by atoms with E-state index in [0.717, 1.165) is 18.1 Å². The Kier molecular flexibility index (Phi) is 6.43. The summed E-state index contributed by atoms with van der Waals surface area (Å²) in [6.45, 7) is 6.80. The predicted octanol–water partition coefficient (Wildman–Crippen LogP) is 1.47. The van der Waals surface area contributed by atoms with Crippen molar-refractivity contribution in [2.24, 2.45) is 17.8 Å². The van der Waals surface area contributed by atoms with Crippen LogP contribution < -0.4 is 23.6 Å². The molecule has 1 aromatic rings. The van der Waals surface area contributed by atoms with Crippen LogP contribution in [0.1, 0.15) is 40.0 Å². The largest absolute Gasteiger partial charge is 1.00 e. The van der Waals surface area contributed by atoms with Crippen LogP contribution in [0, 0.1) is 29.6 Å². The van der Waals surface area contributed by atoms with Crippen molar-refractivity contribution in [2.45, 2.75) is 46.1 Å². The van der Waals surface area contributed by atoms with Crippen LogP contribution >= 0.6 is 0 Å². The molecular weight excluding hydrogens is 234 g/mol. The summed E-state index contributed by atoms with van der Waals surface area (Å²) in [5.74, 6) is 2.36. The van der Waals surface area contributed by atoms with Crippen LogP contribution in [0.3, 0.4) is 0 Å². The fourth-order valence-corrected chi connectivity index (χ4v) is 2.89. The van der Waals surface area contributed by atoms with Crippen LogP contribution in [0.25, 0.3) is 0 Å². The molecule has 19 heavy (non-hydrogen) atoms. The molecule has 2 rings (SSSR count). The van der Waals surface area contributed by atoms with Gasteiger partial charge >= 0.3 is 18.9 Å². The molecule has 3 atom stereocenters. The van der Waals surface area contributed by atoms with E-state index in [-0.39, 0.29) is 30.8 Å². The molecule has 3 heteroatoms. The SMILES string of the molecule is CC(C)[C@@H]1CC[C@@H](C)C[C@H]1Oc1c[c-]c(F)cc1.[Li+]. The van der Waals surface area contributed by atoms with Gasteiger partial charge in [0.15, 0.2) is 0 Å². The first-order valence-corrected chi connectivity index (χ1v) is 6.90. The van der Waals surface area contributed by atoms with Gasteiger partial charge in [-0.2, -0.15) is 0 Å². The average molecular weight is 256 g/mol. The topological polar surface area (TPSA) is 9.23 Å². The quantitative estimate of drug-likeness (QED) is 0.588. The summed E-state index contributed by atoms with van der Waals surface area (Å²) >= 11 is 0. The van der Waals surface area contributed by atoms with E-state index in [1.807, 2.05) is 0 Å². The second-order valence-corrected chi connectivity index (χ2v) is 5.85. The Balaban J connectivity index is 0.00000180. The standard InChI is InChI=1S/C16H22FO.Li/c1-11(2)15-9-4-12(3)10-16(15)18-14-7-5-13(17)6-8-14;/h5,7-8,11-12,15-16H,4,9-10H2,1-3H3;/q-1;+1/t12-,15+,16-;/m1./s1. The molecule has 1 aliphatic carbocycles. The van der Waals surface area contributed by atoms with Crippen molar-refractivity contribution >= 4 is 0 Å². The van der Waals surface area contributed by atoms with Gasteiger partial charge in [0.2, 0.25) is 0 Å². The average Bonchev–Trinajstić information content (AvgIpc) is 2.32. The van der Waals surface area contributed by atoms with Gasteiger partial charge in [-0.25, -0.2) is 4.39 Å². The minimum Gasteiger partial charge on any atom is -0.548 e. The molecule has 0 bridgehead atoms. The third-order valence-corrected chi connectivity index (χ3v) is 4.00. The van der Waals surface area contributed by atoms with E-state index in [1.165, 1.54) is 18.9 Å². The molecule has 1 fully saturated rings. The van der Waals surface area contributed by atoms with Gasteiger partial charge < -0.3 is 4.74 Å². The van der Waals surface area contributed by atoms with E-state index in [4.69, 9.17) is 4.74 Å². The molecule has 100 valence electrons. The number of hydrogen-bond donors (Lipinski definition) is 0. The van der Waals surface area contributed by atoms with Crippen molar-refractivity contribution in [2.75, 3.05) is 0 Å². The predicted molar refractivity (Wildman–Crippen MR) is 71.0 cm³/mol. The van der Waals surface area contributed by atoms with Gasteiger partial charge in [-0.1, -0.05) is 27.2 Å². The number of rotatable bonds is 3. The number of ether oxygens (including phenoxy) is 1. The Labute approximate surface area is 128 Å². The maximum Gasteiger partial charge on any atom is 1.00 e. The minimum atomic E-state index is -0.334. The zero-order valence-electron chi connectivity index (χ0n) is 12.4. The van der Waals surface area contributed by atoms with Crippen molar-refractivity contribution in [3.05, 3.63) is 30.1 Å². The second-order valence-electron chi connectivity index (χ2n) is 5.85. The molecule has 0 N–H and O–H groups in total. The smallest absolute Gasteiger partial charge is 0.548 e. The molecule has 0 amide bonds. The van der Waals surface area contributed by atoms with Gasteiger partial charge in [0.1, 0.15) is 0 Å². The third kappa shape index (κ3) is 4.55. The van der Waals surface area contributed by atoms with Crippen LogP contribution in [0.15, 0.2) is 18.2 Å². The van der Waals surface area contributed by atoms with Gasteiger partial charge in [0, 0.05) is 11.6 Å². The zero-order valence-corrected chi connectivity index (χ0v) is 12.4. The van der Waals surface area contributed by atoms with E-state index >= 15 is 0 Å². The molecule has 1 nitrogen and oxygen atoms in total. The summed E-state index contributed by atoms with van der Waals surface area (Å²) in [4.78, 5) is 0. The molecule has 0 heterocycles. The Morgan fingerprint density at radius 3 is 2.63 bits per heavy atom. The second kappa shape index (κ2) is 7.36. The molecule has 0 unspecified atom stereocenters. The van der Waals surface area contributed by atoms with Crippen LogP contribution in [0.4, 0.5) is 4.39 Å². The van der Waals surface area contributed by atoms with Gasteiger partial charge in [-0.3, -0.25) is 0 Å². The van der Waals surface area contributed by atoms with Gasteiger partial charge in [-0.05, 0) is 30.6 Å². The van der Waals surface area contributed by atoms with Crippen molar-refractivity contribution in [1.29, 1.82) is 0 Å². The first-order chi connectivity index (χ1) is 8.56. The van der Waals surface area contributed by atoms with E-state index in [9.17, 15) is 4.39 Å². The Morgan fingerprint density at radius 2 is 2.05 bits per heavy atom. The molecule has 0 radical (unpaired) electrons. The maximum atomic E-state index is 12.8.